The average Bonchev–Trinajstić information content (AvgIpc) is 2.80. The van der Waals surface area contributed by atoms with Crippen LogP contribution in [0.4, 0.5) is 5.69 Å². The fourth-order valence-electron chi connectivity index (χ4n) is 1.74. The lowest BCUT2D eigenvalue weighted by Gasteiger charge is -2.00. The van der Waals surface area contributed by atoms with Crippen molar-refractivity contribution >= 4 is 17.9 Å². The average molecular weight is 319 g/mol. The van der Waals surface area contributed by atoms with Gasteiger partial charge in [0.25, 0.3) is 11.4 Å². The molecule has 0 fully saturated rings. The van der Waals surface area contributed by atoms with Gasteiger partial charge < -0.3 is 9.84 Å². The largest absolute Gasteiger partial charge is 0.836 e. The summed E-state index contributed by atoms with van der Waals surface area (Å²) < 4.78 is 5.85. The molecule has 0 aliphatic heterocycles. The van der Waals surface area contributed by atoms with Gasteiger partial charge in [0.1, 0.15) is 12.3 Å². The van der Waals surface area contributed by atoms with Gasteiger partial charge in [0.15, 0.2) is 5.88 Å². The van der Waals surface area contributed by atoms with Crippen molar-refractivity contribution in [2.24, 2.45) is 12.1 Å². The minimum Gasteiger partial charge on any atom is -0.836 e. The van der Waals surface area contributed by atoms with E-state index in [1.54, 1.807) is 6.92 Å². The van der Waals surface area contributed by atoms with Gasteiger partial charge in [0, 0.05) is 12.1 Å². The van der Waals surface area contributed by atoms with Crippen molar-refractivity contribution in [2.75, 3.05) is 6.61 Å². The lowest BCUT2D eigenvalue weighted by Crippen LogP contribution is -2.38. The van der Waals surface area contributed by atoms with Crippen LogP contribution in [0, 0.1) is 10.1 Å². The molecule has 0 radical (unpaired) electrons. The van der Waals surface area contributed by atoms with E-state index in [0.29, 0.717) is 5.56 Å². The third kappa shape index (κ3) is 3.48. The second-order valence-electron chi connectivity index (χ2n) is 4.37. The highest BCUT2D eigenvalue weighted by Gasteiger charge is 2.24. The number of hydrogen-bond donors (Lipinski definition) is 0. The summed E-state index contributed by atoms with van der Waals surface area (Å²) in [5.74, 6) is -1.50. The van der Waals surface area contributed by atoms with Crippen molar-refractivity contribution in [3.8, 4) is 5.88 Å². The number of nitro groups is 1. The van der Waals surface area contributed by atoms with Gasteiger partial charge in [-0.2, -0.15) is 0 Å². The Labute approximate surface area is 130 Å². The van der Waals surface area contributed by atoms with Gasteiger partial charge in [-0.1, -0.05) is 5.10 Å². The third-order valence-electron chi connectivity index (χ3n) is 2.82. The zero-order chi connectivity index (χ0) is 17.0. The molecule has 0 atom stereocenters. The second-order valence-corrected chi connectivity index (χ2v) is 4.37. The van der Waals surface area contributed by atoms with E-state index < -0.39 is 16.8 Å². The van der Waals surface area contributed by atoms with Crippen LogP contribution in [0.1, 0.15) is 23.0 Å². The highest BCUT2D eigenvalue weighted by atomic mass is 16.6. The van der Waals surface area contributed by atoms with E-state index in [1.807, 2.05) is 0 Å². The molecule has 120 valence electrons. The van der Waals surface area contributed by atoms with Gasteiger partial charge in [-0.05, 0) is 29.4 Å². The van der Waals surface area contributed by atoms with Crippen molar-refractivity contribution < 1.29 is 24.2 Å². The number of benzene rings is 1. The van der Waals surface area contributed by atoms with Gasteiger partial charge in [0.05, 0.1) is 17.7 Å². The van der Waals surface area contributed by atoms with Gasteiger partial charge in [-0.15, -0.1) is 4.68 Å². The number of nitro benzene ring substituents is 1. The number of aryl methyl sites for hydroxylation is 1. The molecule has 1 aromatic carbocycles. The van der Waals surface area contributed by atoms with E-state index in [9.17, 15) is 20.0 Å². The van der Waals surface area contributed by atoms with Crippen molar-refractivity contribution in [3.05, 3.63) is 45.6 Å². The molecule has 1 aromatic heterocycles. The Balaban J connectivity index is 2.24. The number of rotatable bonds is 5. The Hall–Kier alpha value is -3.30. The Morgan fingerprint density at radius 2 is 2.13 bits per heavy atom. The molecular weight excluding hydrogens is 306 g/mol. The molecule has 0 aliphatic carbocycles. The minimum atomic E-state index is -0.781. The smallest absolute Gasteiger partial charge is 0.383 e. The fraction of sp³-hybridized carbons (Fsp3) is 0.231. The zero-order valence-corrected chi connectivity index (χ0v) is 12.4. The third-order valence-corrected chi connectivity index (χ3v) is 2.82. The first-order valence-electron chi connectivity index (χ1n) is 6.56. The summed E-state index contributed by atoms with van der Waals surface area (Å²) in [5, 5.41) is 30.2. The van der Waals surface area contributed by atoms with Crippen molar-refractivity contribution in [1.82, 2.24) is 10.0 Å². The monoisotopic (exact) mass is 319 g/mol. The van der Waals surface area contributed by atoms with Crippen LogP contribution in [0.15, 0.2) is 29.4 Å². The first kappa shape index (κ1) is 16.1. The van der Waals surface area contributed by atoms with Crippen molar-refractivity contribution in [1.29, 1.82) is 0 Å². The normalized spacial score (nSPS) is 10.9. The molecule has 0 unspecified atom stereocenters. The first-order chi connectivity index (χ1) is 10.9. The number of carbonyl (C=O) groups is 1. The van der Waals surface area contributed by atoms with Crippen LogP contribution in [-0.4, -0.2) is 33.7 Å². The molecule has 0 aliphatic rings. The fourth-order valence-corrected chi connectivity index (χ4v) is 1.74. The zero-order valence-electron chi connectivity index (χ0n) is 12.4. The molecular formula is C13H13N5O5. The van der Waals surface area contributed by atoms with E-state index >= 15 is 0 Å². The Kier molecular flexibility index (Phi) is 4.64. The van der Waals surface area contributed by atoms with Crippen LogP contribution >= 0.6 is 0 Å². The molecule has 10 nitrogen and oxygen atoms in total. The summed E-state index contributed by atoms with van der Waals surface area (Å²) in [5.41, 5.74) is 0.236. The van der Waals surface area contributed by atoms with Crippen LogP contribution in [0.25, 0.3) is 0 Å². The highest BCUT2D eigenvalue weighted by Crippen LogP contribution is 2.12. The lowest BCUT2D eigenvalue weighted by molar-refractivity contribution is -0.734. The first-order valence-corrected chi connectivity index (χ1v) is 6.56. The van der Waals surface area contributed by atoms with Crippen LogP contribution < -0.4 is 9.79 Å². The predicted molar refractivity (Wildman–Crippen MR) is 74.9 cm³/mol. The molecule has 10 heteroatoms. The van der Waals surface area contributed by atoms with Crippen LogP contribution in [0.5, 0.6) is 5.88 Å². The maximum absolute atomic E-state index is 12.0. The summed E-state index contributed by atoms with van der Waals surface area (Å²) in [6.07, 6.45) is 1.30. The molecule has 2 aromatic rings. The predicted octanol–water partition coefficient (Wildman–Crippen LogP) is -0.252. The summed E-state index contributed by atoms with van der Waals surface area (Å²) in [4.78, 5) is 22.5. The van der Waals surface area contributed by atoms with Crippen molar-refractivity contribution in [3.63, 3.8) is 0 Å². The van der Waals surface area contributed by atoms with E-state index in [1.165, 1.54) is 37.5 Å². The molecule has 0 saturated carbocycles. The lowest BCUT2D eigenvalue weighted by atomic mass is 10.2. The maximum atomic E-state index is 12.0. The van der Waals surface area contributed by atoms with Crippen LogP contribution in [-0.2, 0) is 11.8 Å². The summed E-state index contributed by atoms with van der Waals surface area (Å²) in [7, 11) is 1.42. The van der Waals surface area contributed by atoms with E-state index in [4.69, 9.17) is 4.74 Å². The van der Waals surface area contributed by atoms with Crippen molar-refractivity contribution in [2.45, 2.75) is 6.92 Å². The molecule has 23 heavy (non-hydrogen) atoms. The quantitative estimate of drug-likeness (QED) is 0.246. The molecule has 1 heterocycles. The number of ether oxygens (including phenoxy) is 1. The molecule has 0 bridgehead atoms. The Morgan fingerprint density at radius 1 is 1.48 bits per heavy atom. The number of nitrogens with zero attached hydrogens (tertiary/aromatic N) is 5. The summed E-state index contributed by atoms with van der Waals surface area (Å²) in [6.45, 7) is 1.76. The SMILES string of the molecule is CCOC(=O)c1c([O-])n(N=Cc2ccc([N+](=O)[O-])cc2)n[n+]1C. The molecule has 0 N–H and O–H groups in total. The van der Waals surface area contributed by atoms with Gasteiger partial charge in [-0.25, -0.2) is 4.79 Å². The van der Waals surface area contributed by atoms with Gasteiger partial charge >= 0.3 is 5.97 Å². The number of aromatic nitrogens is 3. The molecule has 0 amide bonds. The van der Waals surface area contributed by atoms with E-state index in [2.05, 4.69) is 10.3 Å². The Bertz CT molecular complexity index is 766. The Morgan fingerprint density at radius 3 is 2.70 bits per heavy atom. The van der Waals surface area contributed by atoms with Crippen LogP contribution in [0.3, 0.4) is 0 Å². The highest BCUT2D eigenvalue weighted by molar-refractivity contribution is 5.87. The van der Waals surface area contributed by atoms with Crippen LogP contribution in [0.2, 0.25) is 0 Å². The molecule has 0 spiro atoms. The number of carbonyl (C=O) groups excluding carboxylic acids is 1. The second kappa shape index (κ2) is 6.64. The standard InChI is InChI=1S/C13H13N5O5/c1-3-23-13(20)11-12(19)17(15-16(11)2)14-8-9-4-6-10(7-5-9)18(21)22/h4-8H,3H2,1-2H3. The minimum absolute atomic E-state index is 0.0539. The van der Waals surface area contributed by atoms with E-state index in [-0.39, 0.29) is 18.0 Å². The number of esters is 1. The summed E-state index contributed by atoms with van der Waals surface area (Å²) >= 11 is 0. The molecule has 0 saturated heterocycles. The maximum Gasteiger partial charge on any atom is 0.383 e. The van der Waals surface area contributed by atoms with Gasteiger partial charge in [-0.3, -0.25) is 10.1 Å². The van der Waals surface area contributed by atoms with E-state index in [0.717, 1.165) is 9.47 Å². The topological polar surface area (TPSA) is 127 Å². The number of hydrogen-bond acceptors (Lipinski definition) is 7. The van der Waals surface area contributed by atoms with Gasteiger partial charge in [0.2, 0.25) is 0 Å². The summed E-state index contributed by atoms with van der Waals surface area (Å²) in [6, 6.07) is 5.57. The molecule has 2 rings (SSSR count). The number of non-ortho nitro benzene ring substituents is 1.